The van der Waals surface area contributed by atoms with Gasteiger partial charge in [-0.3, -0.25) is 28.5 Å². The number of carboxylic acids is 1. The fourth-order valence-corrected chi connectivity index (χ4v) is 5.26. The molecule has 0 spiro atoms. The van der Waals surface area contributed by atoms with Crippen LogP contribution in [0.15, 0.2) is 0 Å². The lowest BCUT2D eigenvalue weighted by atomic mass is 10.1. The van der Waals surface area contributed by atoms with Crippen molar-refractivity contribution in [2.24, 2.45) is 0 Å². The molecule has 12 nitrogen and oxygen atoms in total. The van der Waals surface area contributed by atoms with Crippen molar-refractivity contribution in [3.05, 3.63) is 0 Å². The largest absolute Gasteiger partial charge is 0.481 e. The fourth-order valence-electron chi connectivity index (χ4n) is 3.67. The summed E-state index contributed by atoms with van der Waals surface area (Å²) in [7, 11) is 1.31. The van der Waals surface area contributed by atoms with E-state index in [1.54, 1.807) is 18.7 Å². The number of likely N-dealkylation sites (tertiary alicyclic amines) is 1. The van der Waals surface area contributed by atoms with Gasteiger partial charge in [-0.15, -0.1) is 0 Å². The molecule has 4 atom stereocenters. The average molecular weight is 567 g/mol. The Kier molecular flexibility index (Phi) is 15.1. The Bertz CT molecular complexity index is 835. The molecule has 0 saturated carbocycles. The molecule has 2 amide bonds. The van der Waals surface area contributed by atoms with Gasteiger partial charge in [0.15, 0.2) is 0 Å². The maximum Gasteiger partial charge on any atom is 0.327 e. The molecule has 212 valence electrons. The summed E-state index contributed by atoms with van der Waals surface area (Å²) in [5.41, 5.74) is 0. The Labute approximate surface area is 223 Å². The first kappa shape index (κ1) is 33.1. The van der Waals surface area contributed by atoms with E-state index in [1.165, 1.54) is 7.11 Å². The number of carbonyl (C=O) groups excluding carboxylic acids is 4. The van der Waals surface area contributed by atoms with Crippen molar-refractivity contribution in [1.29, 1.82) is 0 Å². The van der Waals surface area contributed by atoms with Gasteiger partial charge in [0.05, 0.1) is 25.5 Å². The topological polar surface area (TPSA) is 158 Å². The molecule has 0 bridgehead atoms. The van der Waals surface area contributed by atoms with E-state index in [0.717, 1.165) is 0 Å². The van der Waals surface area contributed by atoms with Gasteiger partial charge in [0, 0.05) is 45.4 Å². The van der Waals surface area contributed by atoms with Gasteiger partial charge in [0.2, 0.25) is 11.8 Å². The third kappa shape index (κ3) is 12.4. The Morgan fingerprint density at radius 2 is 1.81 bits per heavy atom. The number of ketones is 1. The summed E-state index contributed by atoms with van der Waals surface area (Å²) in [6.45, 7) is 1.82. The Morgan fingerprint density at radius 3 is 2.38 bits per heavy atom. The highest BCUT2D eigenvalue weighted by Crippen LogP contribution is 2.50. The van der Waals surface area contributed by atoms with Gasteiger partial charge in [-0.1, -0.05) is 20.8 Å². The fraction of sp³-hybridized carbons (Fsp3) is 0.783. The summed E-state index contributed by atoms with van der Waals surface area (Å²) in [4.78, 5) is 60.6. The predicted molar refractivity (Wildman–Crippen MR) is 137 cm³/mol. The third-order valence-electron chi connectivity index (χ3n) is 5.84. The van der Waals surface area contributed by atoms with Gasteiger partial charge in [0.1, 0.15) is 18.5 Å². The lowest BCUT2D eigenvalue weighted by molar-refractivity contribution is -0.152. The van der Waals surface area contributed by atoms with Crippen LogP contribution < -0.4 is 5.32 Å². The lowest BCUT2D eigenvalue weighted by Crippen LogP contribution is -2.38. The van der Waals surface area contributed by atoms with Crippen molar-refractivity contribution in [2.75, 3.05) is 26.8 Å². The van der Waals surface area contributed by atoms with Gasteiger partial charge in [0.25, 0.3) is 0 Å². The van der Waals surface area contributed by atoms with Crippen LogP contribution in [-0.2, 0) is 54.1 Å². The molecule has 2 N–H and O–H groups in total. The van der Waals surface area contributed by atoms with Gasteiger partial charge < -0.3 is 29.1 Å². The van der Waals surface area contributed by atoms with Gasteiger partial charge in [-0.05, 0) is 24.6 Å². The van der Waals surface area contributed by atoms with E-state index in [4.69, 9.17) is 35.2 Å². The van der Waals surface area contributed by atoms with Crippen molar-refractivity contribution >= 4 is 48.1 Å². The molecule has 14 heteroatoms. The van der Waals surface area contributed by atoms with Crippen molar-refractivity contribution in [1.82, 2.24) is 10.2 Å². The average Bonchev–Trinajstić information content (AvgIpc) is 3.29. The Balaban J connectivity index is 2.75. The highest BCUT2D eigenvalue weighted by atomic mass is 32.5. The number of hydrogen-bond acceptors (Lipinski definition) is 10. The molecular weight excluding hydrogens is 527 g/mol. The molecule has 0 aromatic rings. The van der Waals surface area contributed by atoms with E-state index in [2.05, 4.69) is 5.32 Å². The van der Waals surface area contributed by atoms with E-state index >= 15 is 0 Å². The van der Waals surface area contributed by atoms with Gasteiger partial charge >= 0.3 is 18.7 Å². The zero-order valence-corrected chi connectivity index (χ0v) is 23.6. The van der Waals surface area contributed by atoms with Gasteiger partial charge in [-0.2, -0.15) is 0 Å². The molecule has 1 aliphatic rings. The zero-order chi connectivity index (χ0) is 28.0. The molecule has 0 aliphatic carbocycles. The SMILES string of the molecule is CCC(=O)CCC(CNC(=O)CC)OP(=S)(OC)OCC(=O)N1C[C@H](OC(=O)CCC(=O)O)C[C@H]1CC. The number of ether oxygens (including phenoxy) is 1. The summed E-state index contributed by atoms with van der Waals surface area (Å²) < 4.78 is 22.2. The van der Waals surface area contributed by atoms with Crippen molar-refractivity contribution in [3.63, 3.8) is 0 Å². The quantitative estimate of drug-likeness (QED) is 0.185. The summed E-state index contributed by atoms with van der Waals surface area (Å²) in [5, 5.41) is 11.4. The Hall–Kier alpha value is -1.92. The second kappa shape index (κ2) is 16.8. The van der Waals surface area contributed by atoms with Gasteiger partial charge in [-0.25, -0.2) is 0 Å². The van der Waals surface area contributed by atoms with Crippen molar-refractivity contribution < 1.29 is 47.4 Å². The van der Waals surface area contributed by atoms with Crippen molar-refractivity contribution in [3.8, 4) is 0 Å². The molecule has 1 fully saturated rings. The number of nitrogens with zero attached hydrogens (tertiary/aromatic N) is 1. The first-order chi connectivity index (χ1) is 17.5. The second-order valence-corrected chi connectivity index (χ2v) is 11.6. The van der Waals surface area contributed by atoms with Crippen LogP contribution >= 0.6 is 6.72 Å². The Morgan fingerprint density at radius 1 is 1.11 bits per heavy atom. The number of carboxylic acid groups (broad SMARTS) is 1. The van der Waals surface area contributed by atoms with E-state index in [0.29, 0.717) is 25.7 Å². The number of nitrogens with one attached hydrogen (secondary N) is 1. The number of hydrogen-bond donors (Lipinski definition) is 2. The number of rotatable bonds is 18. The molecule has 37 heavy (non-hydrogen) atoms. The third-order valence-corrected chi connectivity index (χ3v) is 8.31. The highest BCUT2D eigenvalue weighted by molar-refractivity contribution is 8.07. The number of amides is 2. The minimum Gasteiger partial charge on any atom is -0.481 e. The highest BCUT2D eigenvalue weighted by Gasteiger charge is 2.37. The predicted octanol–water partition coefficient (Wildman–Crippen LogP) is 2.33. The molecule has 1 rings (SSSR count). The minimum atomic E-state index is -3.39. The van der Waals surface area contributed by atoms with E-state index < -0.39 is 37.5 Å². The maximum absolute atomic E-state index is 13.0. The molecule has 1 aliphatic heterocycles. The maximum atomic E-state index is 13.0. The van der Waals surface area contributed by atoms with Crippen LogP contribution in [0.4, 0.5) is 0 Å². The molecule has 0 radical (unpaired) electrons. The lowest BCUT2D eigenvalue weighted by Gasteiger charge is -2.28. The molecule has 1 saturated heterocycles. The van der Waals surface area contributed by atoms with Crippen LogP contribution in [0.2, 0.25) is 0 Å². The van der Waals surface area contributed by atoms with E-state index in [9.17, 15) is 24.0 Å². The molecular formula is C23H39N2O10PS. The van der Waals surface area contributed by atoms with E-state index in [1.807, 2.05) is 6.92 Å². The zero-order valence-electron chi connectivity index (χ0n) is 21.9. The summed E-state index contributed by atoms with van der Waals surface area (Å²) >= 11 is 5.44. The van der Waals surface area contributed by atoms with Crippen LogP contribution in [0, 0.1) is 0 Å². The molecule has 0 aromatic heterocycles. The van der Waals surface area contributed by atoms with E-state index in [-0.39, 0.29) is 62.4 Å². The number of carbonyl (C=O) groups is 5. The summed E-state index contributed by atoms with van der Waals surface area (Å²) in [5.74, 6) is -2.25. The summed E-state index contributed by atoms with van der Waals surface area (Å²) in [6, 6.07) is -0.188. The number of esters is 1. The number of Topliss-reactive ketones (excluding diaryl/α,β-unsaturated/α-hetero) is 1. The van der Waals surface area contributed by atoms with Crippen LogP contribution in [0.25, 0.3) is 0 Å². The van der Waals surface area contributed by atoms with Crippen LogP contribution in [0.3, 0.4) is 0 Å². The molecule has 0 aromatic carbocycles. The smallest absolute Gasteiger partial charge is 0.327 e. The second-order valence-electron chi connectivity index (χ2n) is 8.57. The minimum absolute atomic E-state index is 0.0371. The van der Waals surface area contributed by atoms with Crippen LogP contribution in [0.5, 0.6) is 0 Å². The molecule has 2 unspecified atom stereocenters. The molecule has 1 heterocycles. The van der Waals surface area contributed by atoms with Crippen LogP contribution in [0.1, 0.15) is 72.1 Å². The van der Waals surface area contributed by atoms with Crippen molar-refractivity contribution in [2.45, 2.75) is 90.4 Å². The first-order valence-corrected chi connectivity index (χ1v) is 15.0. The number of aliphatic carboxylic acids is 1. The first-order valence-electron chi connectivity index (χ1n) is 12.4. The monoisotopic (exact) mass is 566 g/mol. The summed E-state index contributed by atoms with van der Waals surface area (Å²) in [6.07, 6.45) is 0.504. The van der Waals surface area contributed by atoms with Crippen LogP contribution in [-0.4, -0.2) is 84.6 Å². The standard InChI is InChI=1S/C23H39N2O10PS/c1-5-16-12-19(34-23(31)11-10-22(29)30)14-25(16)21(28)15-33-36(37,32-4)35-18(9-8-17(26)6-2)13-24-20(27)7-3/h16,18-19H,5-15H2,1-4H3,(H,24,27)(H,29,30)/t16-,18?,19-,36?/m1/s1. The normalized spacial score (nSPS) is 19.6.